The predicted molar refractivity (Wildman–Crippen MR) is 79.4 cm³/mol. The molecule has 1 aromatic carbocycles. The van der Waals surface area contributed by atoms with Crippen LogP contribution in [-0.2, 0) is 4.74 Å². The zero-order valence-electron chi connectivity index (χ0n) is 11.7. The average molecular weight is 277 g/mol. The molecule has 0 bridgehead atoms. The minimum Gasteiger partial charge on any atom is -0.381 e. The van der Waals surface area contributed by atoms with E-state index in [1.165, 1.54) is 19.3 Å². The highest BCUT2D eigenvalue weighted by atomic mass is 16.5. The van der Waals surface area contributed by atoms with Gasteiger partial charge in [-0.05, 0) is 49.4 Å². The Morgan fingerprint density at radius 3 is 2.65 bits per heavy atom. The van der Waals surface area contributed by atoms with Gasteiger partial charge in [0.1, 0.15) is 0 Å². The molecular formula is C15H23N3O2. The number of anilines is 1. The Hall–Kier alpha value is -1.59. The second-order valence-corrected chi connectivity index (χ2v) is 5.20. The van der Waals surface area contributed by atoms with Gasteiger partial charge in [0.05, 0.1) is 0 Å². The Labute approximate surface area is 119 Å². The minimum atomic E-state index is -0.0624. The van der Waals surface area contributed by atoms with E-state index in [9.17, 15) is 4.79 Å². The molecule has 0 atom stereocenters. The van der Waals surface area contributed by atoms with Crippen LogP contribution in [0.5, 0.6) is 0 Å². The van der Waals surface area contributed by atoms with Crippen molar-refractivity contribution in [2.45, 2.75) is 25.7 Å². The predicted octanol–water partition coefficient (Wildman–Crippen LogP) is 1.91. The molecule has 1 aliphatic rings. The lowest BCUT2D eigenvalue weighted by atomic mass is 9.86. The monoisotopic (exact) mass is 277 g/mol. The summed E-state index contributed by atoms with van der Waals surface area (Å²) in [5, 5.41) is 2.88. The molecule has 0 spiro atoms. The van der Waals surface area contributed by atoms with Crippen LogP contribution in [0, 0.1) is 5.92 Å². The SMILES string of the molecule is NNc1ccc(C(=O)NCCCOCC2CCC2)cc1. The molecule has 1 aliphatic carbocycles. The third kappa shape index (κ3) is 4.51. The number of carbonyl (C=O) groups excluding carboxylic acids is 1. The van der Waals surface area contributed by atoms with Gasteiger partial charge in [0.25, 0.3) is 5.91 Å². The van der Waals surface area contributed by atoms with Gasteiger partial charge in [-0.3, -0.25) is 10.6 Å². The van der Waals surface area contributed by atoms with E-state index in [0.29, 0.717) is 18.7 Å². The van der Waals surface area contributed by atoms with Crippen LogP contribution in [0.25, 0.3) is 0 Å². The summed E-state index contributed by atoms with van der Waals surface area (Å²) in [4.78, 5) is 11.8. The first kappa shape index (κ1) is 14.8. The molecule has 0 heterocycles. The quantitative estimate of drug-likeness (QED) is 0.385. The van der Waals surface area contributed by atoms with Crippen LogP contribution in [0.1, 0.15) is 36.0 Å². The van der Waals surface area contributed by atoms with Crippen molar-refractivity contribution in [1.82, 2.24) is 5.32 Å². The summed E-state index contributed by atoms with van der Waals surface area (Å²) >= 11 is 0. The molecule has 0 aliphatic heterocycles. The lowest BCUT2D eigenvalue weighted by molar-refractivity contribution is 0.0682. The average Bonchev–Trinajstić information content (AvgIpc) is 2.44. The van der Waals surface area contributed by atoms with Crippen molar-refractivity contribution in [3.8, 4) is 0 Å². The molecule has 110 valence electrons. The number of rotatable bonds is 8. The van der Waals surface area contributed by atoms with Crippen molar-refractivity contribution >= 4 is 11.6 Å². The Balaban J connectivity index is 1.56. The summed E-state index contributed by atoms with van der Waals surface area (Å²) in [5.74, 6) is 5.99. The van der Waals surface area contributed by atoms with Crippen LogP contribution in [0.15, 0.2) is 24.3 Å². The largest absolute Gasteiger partial charge is 0.381 e. The first-order chi connectivity index (χ1) is 9.79. The van der Waals surface area contributed by atoms with E-state index in [4.69, 9.17) is 10.6 Å². The summed E-state index contributed by atoms with van der Waals surface area (Å²) in [6, 6.07) is 7.04. The number of ether oxygens (including phenoxy) is 1. The number of benzene rings is 1. The van der Waals surface area contributed by atoms with Gasteiger partial charge in [0, 0.05) is 31.0 Å². The number of hydrazine groups is 1. The van der Waals surface area contributed by atoms with Gasteiger partial charge < -0.3 is 15.5 Å². The Morgan fingerprint density at radius 2 is 2.05 bits per heavy atom. The standard InChI is InChI=1S/C15H23N3O2/c16-18-14-7-5-13(6-8-14)15(19)17-9-2-10-20-11-12-3-1-4-12/h5-8,12,18H,1-4,9-11,16H2,(H,17,19). The van der Waals surface area contributed by atoms with E-state index in [0.717, 1.165) is 24.6 Å². The minimum absolute atomic E-state index is 0.0624. The second kappa shape index (κ2) is 7.87. The first-order valence-electron chi connectivity index (χ1n) is 7.22. The lowest BCUT2D eigenvalue weighted by Gasteiger charge is -2.24. The van der Waals surface area contributed by atoms with Crippen molar-refractivity contribution in [2.75, 3.05) is 25.2 Å². The van der Waals surface area contributed by atoms with Crippen LogP contribution >= 0.6 is 0 Å². The van der Waals surface area contributed by atoms with Crippen LogP contribution in [-0.4, -0.2) is 25.7 Å². The maximum absolute atomic E-state index is 11.8. The second-order valence-electron chi connectivity index (χ2n) is 5.20. The summed E-state index contributed by atoms with van der Waals surface area (Å²) in [6.45, 7) is 2.23. The number of nitrogens with two attached hydrogens (primary N) is 1. The molecule has 5 heteroatoms. The summed E-state index contributed by atoms with van der Waals surface area (Å²) < 4.78 is 5.58. The Morgan fingerprint density at radius 1 is 1.30 bits per heavy atom. The molecule has 0 unspecified atom stereocenters. The van der Waals surface area contributed by atoms with Crippen molar-refractivity contribution < 1.29 is 9.53 Å². The topological polar surface area (TPSA) is 76.4 Å². The highest BCUT2D eigenvalue weighted by Gasteiger charge is 2.16. The molecule has 0 radical (unpaired) electrons. The van der Waals surface area contributed by atoms with Crippen LogP contribution in [0.3, 0.4) is 0 Å². The Kier molecular flexibility index (Phi) is 5.83. The van der Waals surface area contributed by atoms with E-state index in [-0.39, 0.29) is 5.91 Å². The van der Waals surface area contributed by atoms with E-state index in [2.05, 4.69) is 10.7 Å². The van der Waals surface area contributed by atoms with Crippen molar-refractivity contribution in [3.63, 3.8) is 0 Å². The number of hydrogen-bond acceptors (Lipinski definition) is 4. The molecule has 0 saturated heterocycles. The maximum atomic E-state index is 11.8. The van der Waals surface area contributed by atoms with Gasteiger partial charge in [0.2, 0.25) is 0 Å². The van der Waals surface area contributed by atoms with Crippen molar-refractivity contribution in [2.24, 2.45) is 11.8 Å². The molecule has 1 aromatic rings. The van der Waals surface area contributed by atoms with E-state index >= 15 is 0 Å². The molecule has 2 rings (SSSR count). The molecule has 0 aromatic heterocycles. The van der Waals surface area contributed by atoms with Crippen molar-refractivity contribution in [3.05, 3.63) is 29.8 Å². The fraction of sp³-hybridized carbons (Fsp3) is 0.533. The van der Waals surface area contributed by atoms with Gasteiger partial charge in [-0.2, -0.15) is 0 Å². The lowest BCUT2D eigenvalue weighted by Crippen LogP contribution is -2.25. The first-order valence-corrected chi connectivity index (χ1v) is 7.22. The molecule has 1 saturated carbocycles. The summed E-state index contributed by atoms with van der Waals surface area (Å²) in [5.41, 5.74) is 3.95. The number of nitrogens with one attached hydrogen (secondary N) is 2. The molecule has 1 amide bonds. The van der Waals surface area contributed by atoms with Crippen molar-refractivity contribution in [1.29, 1.82) is 0 Å². The zero-order valence-corrected chi connectivity index (χ0v) is 11.7. The summed E-state index contributed by atoms with van der Waals surface area (Å²) in [6.07, 6.45) is 4.82. The number of amides is 1. The molecule has 4 N–H and O–H groups in total. The molecular weight excluding hydrogens is 254 g/mol. The third-order valence-corrected chi connectivity index (χ3v) is 3.64. The Bertz CT molecular complexity index is 416. The summed E-state index contributed by atoms with van der Waals surface area (Å²) in [7, 11) is 0. The van der Waals surface area contributed by atoms with Gasteiger partial charge in [-0.15, -0.1) is 0 Å². The van der Waals surface area contributed by atoms with Gasteiger partial charge >= 0.3 is 0 Å². The van der Waals surface area contributed by atoms with Crippen LogP contribution in [0.4, 0.5) is 5.69 Å². The van der Waals surface area contributed by atoms with Crippen LogP contribution in [0.2, 0.25) is 0 Å². The van der Waals surface area contributed by atoms with E-state index in [1.807, 2.05) is 0 Å². The van der Waals surface area contributed by atoms with Gasteiger partial charge in [0.15, 0.2) is 0 Å². The highest BCUT2D eigenvalue weighted by Crippen LogP contribution is 2.26. The van der Waals surface area contributed by atoms with E-state index in [1.54, 1.807) is 24.3 Å². The fourth-order valence-corrected chi connectivity index (χ4v) is 2.11. The zero-order chi connectivity index (χ0) is 14.2. The fourth-order valence-electron chi connectivity index (χ4n) is 2.11. The number of hydrogen-bond donors (Lipinski definition) is 3. The van der Waals surface area contributed by atoms with Crippen LogP contribution < -0.4 is 16.6 Å². The third-order valence-electron chi connectivity index (χ3n) is 3.64. The van der Waals surface area contributed by atoms with E-state index < -0.39 is 0 Å². The smallest absolute Gasteiger partial charge is 0.251 e. The molecule has 5 nitrogen and oxygen atoms in total. The highest BCUT2D eigenvalue weighted by molar-refractivity contribution is 5.94. The van der Waals surface area contributed by atoms with Gasteiger partial charge in [-0.25, -0.2) is 0 Å². The normalized spacial score (nSPS) is 14.7. The number of carbonyl (C=O) groups is 1. The van der Waals surface area contributed by atoms with Gasteiger partial charge in [-0.1, -0.05) is 6.42 Å². The molecule has 1 fully saturated rings. The maximum Gasteiger partial charge on any atom is 0.251 e. The molecule has 20 heavy (non-hydrogen) atoms. The number of nitrogen functional groups attached to an aromatic ring is 1.